The van der Waals surface area contributed by atoms with Crippen LogP contribution in [0.2, 0.25) is 5.02 Å². The van der Waals surface area contributed by atoms with E-state index in [1.54, 1.807) is 12.1 Å². The molecule has 1 saturated carbocycles. The molecule has 3 unspecified atom stereocenters. The zero-order valence-electron chi connectivity index (χ0n) is 25.4. The monoisotopic (exact) mass is 640 g/mol. The van der Waals surface area contributed by atoms with Gasteiger partial charge in [0.15, 0.2) is 11.4 Å². The molecule has 9 rings (SSSR count). The second kappa shape index (κ2) is 10.3. The lowest BCUT2D eigenvalue weighted by molar-refractivity contribution is -0.00693. The van der Waals surface area contributed by atoms with E-state index in [9.17, 15) is 9.50 Å². The Kier molecular flexibility index (Phi) is 6.34. The van der Waals surface area contributed by atoms with Crippen molar-refractivity contribution in [3.63, 3.8) is 0 Å². The Labute approximate surface area is 271 Å². The molecule has 9 nitrogen and oxygen atoms in total. The van der Waals surface area contributed by atoms with Crippen LogP contribution in [-0.4, -0.2) is 87.6 Å². The lowest BCUT2D eigenvalue weighted by atomic mass is 9.85. The van der Waals surface area contributed by atoms with Crippen LogP contribution in [0.4, 0.5) is 10.2 Å². The number of hydrogen-bond acceptors (Lipinski definition) is 9. The van der Waals surface area contributed by atoms with E-state index in [2.05, 4.69) is 21.0 Å². The largest absolute Gasteiger partial charge is 0.508 e. The summed E-state index contributed by atoms with van der Waals surface area (Å²) in [6.45, 7) is 3.20. The number of aromatic nitrogens is 3. The van der Waals surface area contributed by atoms with E-state index in [-0.39, 0.29) is 36.1 Å². The summed E-state index contributed by atoms with van der Waals surface area (Å²) in [7, 11) is 0. The van der Waals surface area contributed by atoms with E-state index in [0.717, 1.165) is 75.5 Å². The predicted octanol–water partition coefficient (Wildman–Crippen LogP) is 5.23. The number of nitrogens with one attached hydrogen (secondary N) is 1. The first kappa shape index (κ1) is 28.3. The highest BCUT2D eigenvalue weighted by Crippen LogP contribution is 2.60. The topological polar surface area (TPSA) is 95.9 Å². The van der Waals surface area contributed by atoms with Crippen molar-refractivity contribution in [2.24, 2.45) is 0 Å². The minimum Gasteiger partial charge on any atom is -0.508 e. The van der Waals surface area contributed by atoms with E-state index in [4.69, 9.17) is 42.4 Å². The minimum absolute atomic E-state index is 0.0141. The van der Waals surface area contributed by atoms with Crippen LogP contribution in [0.5, 0.6) is 17.5 Å². The number of fused-ring (bicyclic) bond motifs is 4. The van der Waals surface area contributed by atoms with Gasteiger partial charge in [0.25, 0.3) is 0 Å². The van der Waals surface area contributed by atoms with Crippen molar-refractivity contribution in [1.29, 1.82) is 0 Å². The molecule has 6 heterocycles. The van der Waals surface area contributed by atoms with Crippen molar-refractivity contribution < 1.29 is 19.0 Å². The first-order chi connectivity index (χ1) is 22.4. The molecule has 0 bridgehead atoms. The van der Waals surface area contributed by atoms with E-state index < -0.39 is 5.60 Å². The number of piperazine rings is 1. The van der Waals surface area contributed by atoms with E-state index in [0.29, 0.717) is 51.1 Å². The number of rotatable bonds is 5. The van der Waals surface area contributed by atoms with Gasteiger partial charge in [0.2, 0.25) is 0 Å². The van der Waals surface area contributed by atoms with Gasteiger partial charge in [-0.15, -0.1) is 6.42 Å². The smallest absolute Gasteiger partial charge is 0.321 e. The summed E-state index contributed by atoms with van der Waals surface area (Å²) >= 11 is 7.20. The average Bonchev–Trinajstić information content (AvgIpc) is 3.62. The predicted molar refractivity (Wildman–Crippen MR) is 175 cm³/mol. The van der Waals surface area contributed by atoms with Gasteiger partial charge in [-0.3, -0.25) is 4.90 Å². The normalized spacial score (nSPS) is 26.3. The molecule has 3 atom stereocenters. The number of nitrogens with zero attached hydrogens (tertiary/aromatic N) is 5. The van der Waals surface area contributed by atoms with Crippen molar-refractivity contribution in [3.05, 3.63) is 40.9 Å². The summed E-state index contributed by atoms with van der Waals surface area (Å²) in [6.07, 6.45) is 11.5. The molecule has 1 aliphatic carbocycles. The molecule has 2 N–H and O–H groups in total. The van der Waals surface area contributed by atoms with Crippen LogP contribution in [0.3, 0.4) is 0 Å². The summed E-state index contributed by atoms with van der Waals surface area (Å²) in [4.78, 5) is 19.7. The summed E-state index contributed by atoms with van der Waals surface area (Å²) in [5.41, 5.74) is 1.39. The van der Waals surface area contributed by atoms with Crippen molar-refractivity contribution in [3.8, 4) is 41.1 Å². The highest BCUT2D eigenvalue weighted by atomic mass is 35.5. The Morgan fingerprint density at radius 2 is 2.04 bits per heavy atom. The number of phenols is 1. The number of terminal acetylenes is 1. The van der Waals surface area contributed by atoms with Gasteiger partial charge in [0.1, 0.15) is 40.9 Å². The number of alkyl halides is 1. The van der Waals surface area contributed by atoms with Gasteiger partial charge in [-0.1, -0.05) is 29.7 Å². The van der Waals surface area contributed by atoms with Crippen LogP contribution in [0.25, 0.3) is 33.1 Å². The first-order valence-corrected chi connectivity index (χ1v) is 16.6. The third-order valence-electron chi connectivity index (χ3n) is 11.0. The highest BCUT2D eigenvalue weighted by Gasteiger charge is 2.68. The summed E-state index contributed by atoms with van der Waals surface area (Å²) in [6, 6.07) is 9.15. The number of anilines is 1. The quantitative estimate of drug-likeness (QED) is 0.284. The number of pyridine rings is 1. The Morgan fingerprint density at radius 1 is 1.15 bits per heavy atom. The van der Waals surface area contributed by atoms with Gasteiger partial charge in [-0.2, -0.15) is 9.97 Å². The fraction of sp³-hybridized carbons (Fsp3) is 0.457. The second-order valence-electron chi connectivity index (χ2n) is 13.3. The Balaban J connectivity index is 1.25. The molecule has 4 fully saturated rings. The van der Waals surface area contributed by atoms with E-state index in [1.165, 1.54) is 0 Å². The van der Waals surface area contributed by atoms with E-state index in [1.807, 2.05) is 18.2 Å². The zero-order chi connectivity index (χ0) is 31.2. The van der Waals surface area contributed by atoms with Crippen LogP contribution in [0.1, 0.15) is 44.1 Å². The summed E-state index contributed by atoms with van der Waals surface area (Å²) in [5.74, 6) is 3.98. The summed E-state index contributed by atoms with van der Waals surface area (Å²) in [5, 5.41) is 16.7. The van der Waals surface area contributed by atoms with Crippen LogP contribution < -0.4 is 19.7 Å². The lowest BCUT2D eigenvalue weighted by Crippen LogP contribution is -2.55. The minimum atomic E-state index is -0.459. The molecule has 46 heavy (non-hydrogen) atoms. The number of halogens is 2. The number of ether oxygens (including phenoxy) is 2. The van der Waals surface area contributed by atoms with Crippen molar-refractivity contribution in [2.45, 2.75) is 61.7 Å². The van der Waals surface area contributed by atoms with Gasteiger partial charge >= 0.3 is 6.01 Å². The molecular formula is C35H34ClFN6O3. The van der Waals surface area contributed by atoms with Gasteiger partial charge in [0.05, 0.1) is 17.3 Å². The second-order valence-corrected chi connectivity index (χ2v) is 13.7. The Bertz CT molecular complexity index is 1960. The molecule has 3 saturated heterocycles. The van der Waals surface area contributed by atoms with Crippen LogP contribution >= 0.6 is 11.6 Å². The van der Waals surface area contributed by atoms with Crippen molar-refractivity contribution in [1.82, 2.24) is 25.2 Å². The highest BCUT2D eigenvalue weighted by molar-refractivity contribution is 6.36. The lowest BCUT2D eigenvalue weighted by Gasteiger charge is -2.41. The fourth-order valence-electron chi connectivity index (χ4n) is 8.82. The molecule has 4 aromatic rings. The van der Waals surface area contributed by atoms with Crippen molar-refractivity contribution >= 4 is 39.2 Å². The Morgan fingerprint density at radius 3 is 2.87 bits per heavy atom. The van der Waals surface area contributed by atoms with Gasteiger partial charge in [-0.05, 0) is 68.7 Å². The van der Waals surface area contributed by atoms with Crippen LogP contribution in [0.15, 0.2) is 30.3 Å². The molecule has 0 amide bonds. The number of hydrogen-bond donors (Lipinski definition) is 2. The third kappa shape index (κ3) is 3.98. The number of benzene rings is 2. The van der Waals surface area contributed by atoms with Gasteiger partial charge < -0.3 is 24.8 Å². The molecule has 0 radical (unpaired) electrons. The summed E-state index contributed by atoms with van der Waals surface area (Å²) < 4.78 is 27.5. The molecule has 4 aliphatic heterocycles. The SMILES string of the molecule is C#Cc1cccc2cc(O)cc(-c3nc4nc(OC5(C67CCCN6C(CF)CC7)CC5)nc5c4c(c3Cl)OCC3CNCCN53)c12. The molecule has 2 aromatic carbocycles. The molecule has 5 aliphatic rings. The van der Waals surface area contributed by atoms with Crippen LogP contribution in [-0.2, 0) is 0 Å². The van der Waals surface area contributed by atoms with Crippen LogP contribution in [0, 0.1) is 12.3 Å². The number of aromatic hydroxyl groups is 1. The number of phenolic OH excluding ortho intramolecular Hbond substituents is 1. The molecule has 236 valence electrons. The average molecular weight is 641 g/mol. The Hall–Kier alpha value is -3.91. The fourth-order valence-corrected chi connectivity index (χ4v) is 9.11. The van der Waals surface area contributed by atoms with Gasteiger partial charge in [-0.25, -0.2) is 9.37 Å². The van der Waals surface area contributed by atoms with Crippen molar-refractivity contribution in [2.75, 3.05) is 44.4 Å². The zero-order valence-corrected chi connectivity index (χ0v) is 26.1. The maximum Gasteiger partial charge on any atom is 0.321 e. The van der Waals surface area contributed by atoms with Gasteiger partial charge in [0, 0.05) is 42.2 Å². The maximum atomic E-state index is 14.1. The molecular weight excluding hydrogens is 607 g/mol. The molecule has 11 heteroatoms. The standard InChI is InChI=1S/C35H34ClFN6O3/c1-2-20-5-3-6-21-15-24(44)16-25(26(20)21)29-28(36)30-27-31(39-29)40-33(41-32(27)42-14-12-38-18-23(42)19-45-30)46-35(10-11-35)34-8-4-13-43(34)22(17-37)7-9-34/h1,3,5-6,15-16,22-23,38,44H,4,7-14,17-19H2. The van der Waals surface area contributed by atoms with E-state index >= 15 is 0 Å². The maximum absolute atomic E-state index is 14.1. The third-order valence-corrected chi connectivity index (χ3v) is 11.4. The molecule has 0 spiro atoms. The first-order valence-electron chi connectivity index (χ1n) is 16.2. The molecule has 2 aromatic heterocycles.